The lowest BCUT2D eigenvalue weighted by atomic mass is 9.70. The fourth-order valence-corrected chi connectivity index (χ4v) is 5.72. The van der Waals surface area contributed by atoms with Crippen molar-refractivity contribution in [2.45, 2.75) is 85.9 Å². The lowest BCUT2D eigenvalue weighted by Gasteiger charge is -2.38. The average Bonchev–Trinajstić information content (AvgIpc) is 2.93. The van der Waals surface area contributed by atoms with E-state index in [2.05, 4.69) is 26.1 Å². The standard InChI is InChI=1S/C25H42N2O5/c1-9-16(13-28)27-20(21(29)26-25(7,8)14-24(4,5)6)17-12-11-15(3)18(19(17)22(27)30)23(31)32-10-2/h11-12,15-20,28H,9-10,13-14H2,1-8H3,(H,26,29)/t15-,16+,17+,18-,19+,20+/m1/s1. The topological polar surface area (TPSA) is 95.9 Å². The van der Waals surface area contributed by atoms with Crippen LogP contribution in [0.4, 0.5) is 0 Å². The van der Waals surface area contributed by atoms with E-state index in [0.717, 1.165) is 6.42 Å². The van der Waals surface area contributed by atoms with E-state index in [0.29, 0.717) is 6.42 Å². The first-order valence-corrected chi connectivity index (χ1v) is 11.9. The molecule has 1 aliphatic heterocycles. The fourth-order valence-electron chi connectivity index (χ4n) is 5.72. The molecule has 7 nitrogen and oxygen atoms in total. The highest BCUT2D eigenvalue weighted by Crippen LogP contribution is 2.45. The van der Waals surface area contributed by atoms with Crippen LogP contribution < -0.4 is 5.32 Å². The first-order valence-electron chi connectivity index (χ1n) is 11.9. The minimum Gasteiger partial charge on any atom is -0.466 e. The van der Waals surface area contributed by atoms with E-state index in [4.69, 9.17) is 4.74 Å². The van der Waals surface area contributed by atoms with Crippen LogP contribution in [0.1, 0.15) is 68.2 Å². The number of amides is 2. The Morgan fingerprint density at radius 2 is 1.81 bits per heavy atom. The highest BCUT2D eigenvalue weighted by atomic mass is 16.5. The maximum Gasteiger partial charge on any atom is 0.310 e. The molecule has 0 spiro atoms. The number of hydrogen-bond acceptors (Lipinski definition) is 5. The summed E-state index contributed by atoms with van der Waals surface area (Å²) in [4.78, 5) is 41.6. The van der Waals surface area contributed by atoms with Gasteiger partial charge in [-0.3, -0.25) is 14.4 Å². The molecule has 182 valence electrons. The number of nitrogens with zero attached hydrogens (tertiary/aromatic N) is 1. The molecule has 0 bridgehead atoms. The van der Waals surface area contributed by atoms with Crippen LogP contribution in [0.5, 0.6) is 0 Å². The van der Waals surface area contributed by atoms with Crippen LogP contribution in [-0.4, -0.2) is 58.6 Å². The van der Waals surface area contributed by atoms with Gasteiger partial charge in [-0.05, 0) is 44.9 Å². The molecule has 1 saturated heterocycles. The number of carbonyl (C=O) groups excluding carboxylic acids is 3. The summed E-state index contributed by atoms with van der Waals surface area (Å²) in [6.07, 6.45) is 5.10. The van der Waals surface area contributed by atoms with E-state index in [1.807, 2.05) is 39.8 Å². The Hall–Kier alpha value is -1.89. The van der Waals surface area contributed by atoms with Crippen LogP contribution in [0.3, 0.4) is 0 Å². The Bertz CT molecular complexity index is 735. The number of carbonyl (C=O) groups is 3. The van der Waals surface area contributed by atoms with Crippen molar-refractivity contribution < 1.29 is 24.2 Å². The lowest BCUT2D eigenvalue weighted by molar-refractivity contribution is -0.155. The van der Waals surface area contributed by atoms with E-state index >= 15 is 0 Å². The van der Waals surface area contributed by atoms with E-state index in [-0.39, 0.29) is 36.4 Å². The molecule has 1 aliphatic carbocycles. The van der Waals surface area contributed by atoms with Gasteiger partial charge in [-0.1, -0.05) is 46.8 Å². The van der Waals surface area contributed by atoms with Crippen molar-refractivity contribution >= 4 is 17.8 Å². The summed E-state index contributed by atoms with van der Waals surface area (Å²) >= 11 is 0. The lowest BCUT2D eigenvalue weighted by Crippen LogP contribution is -2.56. The van der Waals surface area contributed by atoms with Crippen molar-refractivity contribution in [3.63, 3.8) is 0 Å². The first-order chi connectivity index (χ1) is 14.8. The maximum atomic E-state index is 13.7. The number of aliphatic hydroxyl groups is 1. The van der Waals surface area contributed by atoms with Gasteiger partial charge in [0.25, 0.3) is 0 Å². The van der Waals surface area contributed by atoms with Crippen molar-refractivity contribution in [2.24, 2.45) is 29.1 Å². The zero-order valence-corrected chi connectivity index (χ0v) is 21.0. The zero-order valence-electron chi connectivity index (χ0n) is 21.0. The Kier molecular flexibility index (Phi) is 8.19. The van der Waals surface area contributed by atoms with Crippen LogP contribution in [0.2, 0.25) is 0 Å². The van der Waals surface area contributed by atoms with Crippen LogP contribution >= 0.6 is 0 Å². The zero-order chi connectivity index (χ0) is 24.4. The Labute approximate surface area is 192 Å². The third-order valence-corrected chi connectivity index (χ3v) is 6.55. The maximum absolute atomic E-state index is 13.7. The number of fused-ring (bicyclic) bond motifs is 1. The molecule has 2 N–H and O–H groups in total. The van der Waals surface area contributed by atoms with Gasteiger partial charge in [0.15, 0.2) is 0 Å². The SMILES string of the molecule is CCOC(=O)[C@H]1[C@H]2C(=O)N([C@@H](CC)CO)[C@H](C(=O)NC(C)(C)CC(C)(C)C)[C@H]2C=C[C@H]1C. The number of nitrogens with one attached hydrogen (secondary N) is 1. The van der Waals surface area contributed by atoms with Crippen molar-refractivity contribution in [1.82, 2.24) is 10.2 Å². The molecule has 1 heterocycles. The third kappa shape index (κ3) is 5.53. The normalized spacial score (nSPS) is 29.0. The van der Waals surface area contributed by atoms with Gasteiger partial charge in [0.1, 0.15) is 6.04 Å². The van der Waals surface area contributed by atoms with Crippen LogP contribution in [0.15, 0.2) is 12.2 Å². The van der Waals surface area contributed by atoms with Crippen molar-refractivity contribution in [1.29, 1.82) is 0 Å². The van der Waals surface area contributed by atoms with E-state index in [1.165, 1.54) is 4.90 Å². The molecule has 0 unspecified atom stereocenters. The molecule has 2 rings (SSSR count). The molecule has 6 atom stereocenters. The number of esters is 1. The summed E-state index contributed by atoms with van der Waals surface area (Å²) in [7, 11) is 0. The molecule has 2 aliphatic rings. The van der Waals surface area contributed by atoms with Gasteiger partial charge >= 0.3 is 5.97 Å². The molecule has 7 heteroatoms. The molecule has 1 fully saturated rings. The minimum absolute atomic E-state index is 0.0106. The fraction of sp³-hybridized carbons (Fsp3) is 0.800. The number of hydrogen-bond donors (Lipinski definition) is 2. The summed E-state index contributed by atoms with van der Waals surface area (Å²) in [5.74, 6) is -2.83. The van der Waals surface area contributed by atoms with Gasteiger partial charge in [-0.25, -0.2) is 0 Å². The Morgan fingerprint density at radius 3 is 2.31 bits per heavy atom. The van der Waals surface area contributed by atoms with Crippen LogP contribution in [-0.2, 0) is 19.1 Å². The van der Waals surface area contributed by atoms with E-state index in [1.54, 1.807) is 6.92 Å². The summed E-state index contributed by atoms with van der Waals surface area (Å²) in [6, 6.07) is -1.26. The van der Waals surface area contributed by atoms with Gasteiger partial charge in [0.2, 0.25) is 11.8 Å². The largest absolute Gasteiger partial charge is 0.466 e. The molecule has 2 amide bonds. The first kappa shape index (κ1) is 26.4. The predicted octanol–water partition coefficient (Wildman–Crippen LogP) is 2.92. The average molecular weight is 451 g/mol. The monoisotopic (exact) mass is 450 g/mol. The number of likely N-dealkylation sites (tertiary alicyclic amines) is 1. The van der Waals surface area contributed by atoms with Gasteiger partial charge in [-0.15, -0.1) is 0 Å². The number of aliphatic hydroxyl groups excluding tert-OH is 1. The van der Waals surface area contributed by atoms with Crippen LogP contribution in [0, 0.1) is 29.1 Å². The van der Waals surface area contributed by atoms with Gasteiger partial charge in [0, 0.05) is 11.5 Å². The third-order valence-electron chi connectivity index (χ3n) is 6.55. The number of allylic oxidation sites excluding steroid dienone is 1. The van der Waals surface area contributed by atoms with Gasteiger partial charge in [0.05, 0.1) is 31.1 Å². The minimum atomic E-state index is -0.774. The highest BCUT2D eigenvalue weighted by molar-refractivity contribution is 5.96. The van der Waals surface area contributed by atoms with E-state index < -0.39 is 41.3 Å². The molecular formula is C25H42N2O5. The Balaban J connectivity index is 2.46. The molecule has 0 radical (unpaired) electrons. The second kappa shape index (κ2) is 9.94. The van der Waals surface area contributed by atoms with Crippen molar-refractivity contribution in [2.75, 3.05) is 13.2 Å². The molecule has 32 heavy (non-hydrogen) atoms. The second-order valence-corrected chi connectivity index (χ2v) is 11.2. The molecule has 0 aromatic heterocycles. The summed E-state index contributed by atoms with van der Waals surface area (Å²) < 4.78 is 5.29. The Morgan fingerprint density at radius 1 is 1.19 bits per heavy atom. The molecular weight excluding hydrogens is 408 g/mol. The van der Waals surface area contributed by atoms with Crippen molar-refractivity contribution in [3.05, 3.63) is 12.2 Å². The quantitative estimate of drug-likeness (QED) is 0.438. The van der Waals surface area contributed by atoms with Crippen molar-refractivity contribution in [3.8, 4) is 0 Å². The second-order valence-electron chi connectivity index (χ2n) is 11.2. The summed E-state index contributed by atoms with van der Waals surface area (Å²) in [5, 5.41) is 13.2. The molecule has 0 aromatic rings. The van der Waals surface area contributed by atoms with Gasteiger partial charge < -0.3 is 20.1 Å². The molecule has 0 saturated carbocycles. The number of ether oxygens (including phenoxy) is 1. The molecule has 0 aromatic carbocycles. The summed E-state index contributed by atoms with van der Waals surface area (Å²) in [5.41, 5.74) is -0.466. The predicted molar refractivity (Wildman–Crippen MR) is 123 cm³/mol. The highest BCUT2D eigenvalue weighted by Gasteiger charge is 2.58. The van der Waals surface area contributed by atoms with E-state index in [9.17, 15) is 19.5 Å². The number of rotatable bonds is 8. The van der Waals surface area contributed by atoms with Gasteiger partial charge in [-0.2, -0.15) is 0 Å². The summed E-state index contributed by atoms with van der Waals surface area (Å²) in [6.45, 7) is 15.9. The van der Waals surface area contributed by atoms with Crippen LogP contribution in [0.25, 0.3) is 0 Å². The smallest absolute Gasteiger partial charge is 0.310 e.